The molecular weight excluding hydrogens is 163 g/mol. The number of hydrogen-bond acceptors (Lipinski definition) is 0. The summed E-state index contributed by atoms with van der Waals surface area (Å²) in [5.74, 6) is -0.225. The first-order chi connectivity index (χ1) is 3.79. The fourth-order valence-electron chi connectivity index (χ4n) is 0.537. The molecular formula is C7H6ClFMg. The second-order valence-electron chi connectivity index (χ2n) is 1.63. The molecule has 0 saturated heterocycles. The smallest absolute Gasteiger partial charge is 1.00 e. The minimum atomic E-state index is -0.225. The van der Waals surface area contributed by atoms with Crippen molar-refractivity contribution in [3.8, 4) is 0 Å². The maximum atomic E-state index is 12.1. The van der Waals surface area contributed by atoms with Crippen LogP contribution in [-0.2, 0) is 0 Å². The van der Waals surface area contributed by atoms with Crippen LogP contribution >= 0.6 is 0 Å². The Hall–Kier alpha value is 0.0762. The Bertz CT molecular complexity index is 173. The average Bonchev–Trinajstić information content (AvgIpc) is 1.64. The van der Waals surface area contributed by atoms with E-state index in [4.69, 9.17) is 0 Å². The van der Waals surface area contributed by atoms with Gasteiger partial charge in [0, 0.05) is 0 Å². The SMILES string of the molecule is [CH2-]c1cccc(F)c1.[Cl-].[Mg+2]. The van der Waals surface area contributed by atoms with Gasteiger partial charge in [0.15, 0.2) is 0 Å². The van der Waals surface area contributed by atoms with Gasteiger partial charge in [-0.15, -0.1) is 12.1 Å². The van der Waals surface area contributed by atoms with Crippen molar-refractivity contribution in [2.45, 2.75) is 0 Å². The van der Waals surface area contributed by atoms with E-state index >= 15 is 0 Å². The molecule has 0 amide bonds. The van der Waals surface area contributed by atoms with E-state index in [-0.39, 0.29) is 41.3 Å². The van der Waals surface area contributed by atoms with E-state index in [0.717, 1.165) is 0 Å². The van der Waals surface area contributed by atoms with Crippen molar-refractivity contribution in [3.63, 3.8) is 0 Å². The summed E-state index contributed by atoms with van der Waals surface area (Å²) in [5.41, 5.74) is 0.713. The van der Waals surface area contributed by atoms with Gasteiger partial charge < -0.3 is 12.4 Å². The summed E-state index contributed by atoms with van der Waals surface area (Å²) in [6.45, 7) is 3.54. The van der Waals surface area contributed by atoms with Crippen LogP contribution in [0, 0.1) is 12.7 Å². The number of halogens is 2. The molecule has 0 saturated carbocycles. The van der Waals surface area contributed by atoms with E-state index in [1.807, 2.05) is 0 Å². The summed E-state index contributed by atoms with van der Waals surface area (Å²) in [7, 11) is 0. The molecule has 0 nitrogen and oxygen atoms in total. The number of benzene rings is 1. The molecule has 0 aliphatic heterocycles. The molecule has 50 valence electrons. The molecule has 0 spiro atoms. The second-order valence-corrected chi connectivity index (χ2v) is 1.63. The first-order valence-electron chi connectivity index (χ1n) is 2.36. The minimum absolute atomic E-state index is 0. The fourth-order valence-corrected chi connectivity index (χ4v) is 0.537. The molecule has 1 aromatic carbocycles. The summed E-state index contributed by atoms with van der Waals surface area (Å²) in [4.78, 5) is 0. The standard InChI is InChI=1S/C7H6F.ClH.Mg/c1-6-3-2-4-7(8)5-6;;/h2-5H,1H2;1H;/q-1;;+2/p-1. The van der Waals surface area contributed by atoms with Crippen molar-refractivity contribution in [2.24, 2.45) is 0 Å². The predicted molar refractivity (Wildman–Crippen MR) is 36.6 cm³/mol. The zero-order chi connectivity index (χ0) is 5.98. The van der Waals surface area contributed by atoms with Crippen molar-refractivity contribution in [1.29, 1.82) is 0 Å². The van der Waals surface area contributed by atoms with Gasteiger partial charge >= 0.3 is 23.1 Å². The van der Waals surface area contributed by atoms with Gasteiger partial charge in [0.1, 0.15) is 0 Å². The Kier molecular flexibility index (Phi) is 7.42. The largest absolute Gasteiger partial charge is 2.00 e. The quantitative estimate of drug-likeness (QED) is 0.332. The van der Waals surface area contributed by atoms with Crippen LogP contribution < -0.4 is 12.4 Å². The van der Waals surface area contributed by atoms with E-state index in [0.29, 0.717) is 5.56 Å². The van der Waals surface area contributed by atoms with E-state index in [2.05, 4.69) is 6.92 Å². The summed E-state index contributed by atoms with van der Waals surface area (Å²) in [6.07, 6.45) is 0. The third-order valence-corrected chi connectivity index (χ3v) is 0.889. The van der Waals surface area contributed by atoms with Crippen LogP contribution in [0.1, 0.15) is 5.56 Å². The van der Waals surface area contributed by atoms with Gasteiger partial charge in [0.2, 0.25) is 0 Å². The molecule has 1 aromatic rings. The molecule has 0 fully saturated rings. The van der Waals surface area contributed by atoms with Crippen LogP contribution in [0.2, 0.25) is 0 Å². The van der Waals surface area contributed by atoms with Gasteiger partial charge in [-0.1, -0.05) is 6.07 Å². The van der Waals surface area contributed by atoms with Crippen molar-refractivity contribution in [3.05, 3.63) is 42.6 Å². The molecule has 1 rings (SSSR count). The Morgan fingerprint density at radius 2 is 1.90 bits per heavy atom. The van der Waals surface area contributed by atoms with Gasteiger partial charge in [-0.3, -0.25) is 0 Å². The van der Waals surface area contributed by atoms with E-state index in [9.17, 15) is 4.39 Å². The predicted octanol–water partition coefficient (Wildman–Crippen LogP) is -1.37. The molecule has 10 heavy (non-hydrogen) atoms. The molecule has 0 bridgehead atoms. The third kappa shape index (κ3) is 3.98. The average molecular weight is 169 g/mol. The van der Waals surface area contributed by atoms with Gasteiger partial charge in [-0.2, -0.15) is 18.6 Å². The Balaban J connectivity index is 0. The maximum Gasteiger partial charge on any atom is 2.00 e. The first kappa shape index (κ1) is 12.7. The van der Waals surface area contributed by atoms with Crippen LogP contribution in [0.15, 0.2) is 24.3 Å². The van der Waals surface area contributed by atoms with Crippen molar-refractivity contribution < 1.29 is 16.8 Å². The van der Waals surface area contributed by atoms with Gasteiger partial charge in [-0.25, -0.2) is 4.39 Å². The van der Waals surface area contributed by atoms with Crippen LogP contribution in [0.4, 0.5) is 4.39 Å². The molecule has 0 aliphatic carbocycles. The zero-order valence-electron chi connectivity index (χ0n) is 5.48. The molecule has 0 aromatic heterocycles. The first-order valence-corrected chi connectivity index (χ1v) is 2.36. The summed E-state index contributed by atoms with van der Waals surface area (Å²) in [6, 6.07) is 6.18. The Morgan fingerprint density at radius 1 is 1.30 bits per heavy atom. The summed E-state index contributed by atoms with van der Waals surface area (Å²) < 4.78 is 12.1. The zero-order valence-corrected chi connectivity index (χ0v) is 7.65. The number of hydrogen-bond donors (Lipinski definition) is 0. The van der Waals surface area contributed by atoms with E-state index in [1.54, 1.807) is 12.1 Å². The minimum Gasteiger partial charge on any atom is -1.00 e. The molecule has 0 atom stereocenters. The fraction of sp³-hybridized carbons (Fsp3) is 0. The molecule has 3 heteroatoms. The number of rotatable bonds is 0. The van der Waals surface area contributed by atoms with Crippen molar-refractivity contribution >= 4 is 23.1 Å². The topological polar surface area (TPSA) is 0 Å². The Labute approximate surface area is 82.4 Å². The molecule has 0 radical (unpaired) electrons. The van der Waals surface area contributed by atoms with Gasteiger partial charge in [0.05, 0.1) is 5.82 Å². The van der Waals surface area contributed by atoms with Crippen LogP contribution in [0.5, 0.6) is 0 Å². The Morgan fingerprint density at radius 3 is 2.20 bits per heavy atom. The third-order valence-electron chi connectivity index (χ3n) is 0.889. The monoisotopic (exact) mass is 168 g/mol. The van der Waals surface area contributed by atoms with E-state index in [1.165, 1.54) is 12.1 Å². The van der Waals surface area contributed by atoms with Gasteiger partial charge in [0.25, 0.3) is 0 Å². The van der Waals surface area contributed by atoms with Crippen LogP contribution in [0.25, 0.3) is 0 Å². The molecule has 0 aliphatic rings. The van der Waals surface area contributed by atoms with Crippen LogP contribution in [0.3, 0.4) is 0 Å². The van der Waals surface area contributed by atoms with Crippen LogP contribution in [-0.4, -0.2) is 23.1 Å². The summed E-state index contributed by atoms with van der Waals surface area (Å²) in [5, 5.41) is 0. The maximum absolute atomic E-state index is 12.1. The second kappa shape index (κ2) is 5.83. The summed E-state index contributed by atoms with van der Waals surface area (Å²) >= 11 is 0. The molecule has 0 unspecified atom stereocenters. The molecule has 0 heterocycles. The molecule has 0 N–H and O–H groups in total. The van der Waals surface area contributed by atoms with Crippen molar-refractivity contribution in [2.75, 3.05) is 0 Å². The van der Waals surface area contributed by atoms with E-state index < -0.39 is 0 Å². The van der Waals surface area contributed by atoms with Crippen molar-refractivity contribution in [1.82, 2.24) is 0 Å². The van der Waals surface area contributed by atoms with Gasteiger partial charge in [-0.05, 0) is 0 Å². The normalized spacial score (nSPS) is 7.30.